The van der Waals surface area contributed by atoms with Gasteiger partial charge < -0.3 is 15.0 Å². The zero-order chi connectivity index (χ0) is 19.2. The highest BCUT2D eigenvalue weighted by Crippen LogP contribution is 2.21. The molecule has 0 radical (unpaired) electrons. The van der Waals surface area contributed by atoms with Crippen LogP contribution in [0.4, 0.5) is 8.78 Å². The van der Waals surface area contributed by atoms with Crippen molar-refractivity contribution in [2.45, 2.75) is 25.5 Å². The number of nitrogens with one attached hydrogen (secondary N) is 1. The van der Waals surface area contributed by atoms with Crippen LogP contribution in [0.1, 0.15) is 18.4 Å². The van der Waals surface area contributed by atoms with Crippen molar-refractivity contribution in [3.05, 3.63) is 35.9 Å². The molecule has 8 heteroatoms. The van der Waals surface area contributed by atoms with Crippen LogP contribution in [0.3, 0.4) is 0 Å². The van der Waals surface area contributed by atoms with E-state index < -0.39 is 6.61 Å². The molecule has 27 heavy (non-hydrogen) atoms. The van der Waals surface area contributed by atoms with Gasteiger partial charge in [0.25, 0.3) is 0 Å². The fourth-order valence-corrected chi connectivity index (χ4v) is 2.92. The first-order valence-electron chi connectivity index (χ1n) is 9.04. The maximum absolute atomic E-state index is 12.4. The van der Waals surface area contributed by atoms with Crippen molar-refractivity contribution < 1.29 is 23.1 Å². The molecule has 1 aliphatic heterocycles. The first kappa shape index (κ1) is 19.3. The van der Waals surface area contributed by atoms with Gasteiger partial charge in [0, 0.05) is 43.9 Å². The van der Waals surface area contributed by atoms with Crippen molar-refractivity contribution in [2.24, 2.45) is 0 Å². The molecule has 1 aromatic carbocycles. The maximum atomic E-state index is 12.4. The molecule has 1 saturated carbocycles. The van der Waals surface area contributed by atoms with Crippen LogP contribution in [0, 0.1) is 0 Å². The second kappa shape index (κ2) is 8.94. The maximum Gasteiger partial charge on any atom is 0.387 e. The highest BCUT2D eigenvalue weighted by atomic mass is 19.3. The van der Waals surface area contributed by atoms with Crippen molar-refractivity contribution >= 4 is 17.9 Å². The minimum atomic E-state index is -2.92. The molecule has 2 fully saturated rings. The zero-order valence-electron chi connectivity index (χ0n) is 14.9. The average molecular weight is 379 g/mol. The third-order valence-corrected chi connectivity index (χ3v) is 4.53. The molecule has 2 amide bonds. The van der Waals surface area contributed by atoms with Crippen molar-refractivity contribution in [1.29, 1.82) is 0 Å². The van der Waals surface area contributed by atoms with E-state index in [-0.39, 0.29) is 17.6 Å². The molecule has 0 aromatic heterocycles. The third kappa shape index (κ3) is 6.02. The second-order valence-corrected chi connectivity index (χ2v) is 6.69. The van der Waals surface area contributed by atoms with Gasteiger partial charge in [0.1, 0.15) is 5.75 Å². The van der Waals surface area contributed by atoms with Crippen molar-refractivity contribution in [3.63, 3.8) is 0 Å². The lowest BCUT2D eigenvalue weighted by atomic mass is 10.2. The standard InChI is InChI=1S/C19H23F2N3O3/c20-19(21)27-16-4-2-1-3-14(16)5-8-18(26)24-11-9-23(10-12-24)13-17(25)22-15-6-7-15/h1-5,8,15,19H,6-7,9-13H2,(H,22,25)/b8-5-. The smallest absolute Gasteiger partial charge is 0.387 e. The van der Waals surface area contributed by atoms with Crippen LogP contribution in [-0.4, -0.2) is 67.0 Å². The van der Waals surface area contributed by atoms with Gasteiger partial charge in [0.2, 0.25) is 11.8 Å². The third-order valence-electron chi connectivity index (χ3n) is 4.53. The van der Waals surface area contributed by atoms with Gasteiger partial charge in [-0.05, 0) is 25.0 Å². The largest absolute Gasteiger partial charge is 0.434 e. The average Bonchev–Trinajstić information content (AvgIpc) is 3.44. The summed E-state index contributed by atoms with van der Waals surface area (Å²) in [5.74, 6) is -0.125. The van der Waals surface area contributed by atoms with E-state index in [4.69, 9.17) is 0 Å². The first-order chi connectivity index (χ1) is 13.0. The number of benzene rings is 1. The zero-order valence-corrected chi connectivity index (χ0v) is 14.9. The monoisotopic (exact) mass is 379 g/mol. The van der Waals surface area contributed by atoms with Crippen LogP contribution in [0.2, 0.25) is 0 Å². The summed E-state index contributed by atoms with van der Waals surface area (Å²) < 4.78 is 29.3. The van der Waals surface area contributed by atoms with Crippen molar-refractivity contribution in [3.8, 4) is 5.75 Å². The van der Waals surface area contributed by atoms with E-state index in [1.165, 1.54) is 18.2 Å². The number of carbonyl (C=O) groups excluding carboxylic acids is 2. The Balaban J connectivity index is 1.48. The van der Waals surface area contributed by atoms with E-state index in [1.54, 1.807) is 23.1 Å². The van der Waals surface area contributed by atoms with Gasteiger partial charge in [-0.1, -0.05) is 18.2 Å². The Morgan fingerprint density at radius 1 is 1.19 bits per heavy atom. The summed E-state index contributed by atoms with van der Waals surface area (Å²) in [6, 6.07) is 6.67. The number of piperazine rings is 1. The summed E-state index contributed by atoms with van der Waals surface area (Å²) in [5, 5.41) is 2.95. The topological polar surface area (TPSA) is 61.9 Å². The van der Waals surface area contributed by atoms with Crippen LogP contribution in [0.15, 0.2) is 30.3 Å². The van der Waals surface area contributed by atoms with Gasteiger partial charge in [0.15, 0.2) is 0 Å². The molecule has 0 spiro atoms. The SMILES string of the molecule is O=C(CN1CCN(C(=O)/C=C\c2ccccc2OC(F)F)CC1)NC1CC1. The number of hydrogen-bond donors (Lipinski definition) is 1. The number of halogens is 2. The van der Waals surface area contributed by atoms with E-state index in [9.17, 15) is 18.4 Å². The molecule has 1 heterocycles. The Morgan fingerprint density at radius 3 is 2.56 bits per heavy atom. The van der Waals surface area contributed by atoms with Crippen LogP contribution < -0.4 is 10.1 Å². The van der Waals surface area contributed by atoms with E-state index >= 15 is 0 Å². The molecule has 2 aliphatic rings. The van der Waals surface area contributed by atoms with E-state index in [0.29, 0.717) is 44.3 Å². The first-order valence-corrected chi connectivity index (χ1v) is 9.04. The predicted octanol–water partition coefficient (Wildman–Crippen LogP) is 1.72. The second-order valence-electron chi connectivity index (χ2n) is 6.69. The van der Waals surface area contributed by atoms with Crippen molar-refractivity contribution in [1.82, 2.24) is 15.1 Å². The quantitative estimate of drug-likeness (QED) is 0.733. The normalized spacial score (nSPS) is 18.1. The lowest BCUT2D eigenvalue weighted by molar-refractivity contribution is -0.128. The fourth-order valence-electron chi connectivity index (χ4n) is 2.92. The number of carbonyl (C=O) groups is 2. The summed E-state index contributed by atoms with van der Waals surface area (Å²) in [7, 11) is 0. The van der Waals surface area contributed by atoms with E-state index in [0.717, 1.165) is 12.8 Å². The highest BCUT2D eigenvalue weighted by molar-refractivity contribution is 5.92. The Hall–Kier alpha value is -2.48. The minimum Gasteiger partial charge on any atom is -0.434 e. The molecule has 0 atom stereocenters. The Labute approximate surface area is 156 Å². The molecular formula is C19H23F2N3O3. The lowest BCUT2D eigenvalue weighted by Gasteiger charge is -2.33. The summed E-state index contributed by atoms with van der Waals surface area (Å²) in [4.78, 5) is 27.9. The van der Waals surface area contributed by atoms with E-state index in [1.807, 2.05) is 4.90 Å². The molecule has 1 saturated heterocycles. The molecule has 146 valence electrons. The molecule has 0 bridgehead atoms. The minimum absolute atomic E-state index is 0.0306. The van der Waals surface area contributed by atoms with Gasteiger partial charge in [0.05, 0.1) is 6.54 Å². The summed E-state index contributed by atoms with van der Waals surface area (Å²) >= 11 is 0. The van der Waals surface area contributed by atoms with E-state index in [2.05, 4.69) is 10.1 Å². The van der Waals surface area contributed by atoms with Gasteiger partial charge in [-0.15, -0.1) is 0 Å². The summed E-state index contributed by atoms with van der Waals surface area (Å²) in [5.41, 5.74) is 0.418. The number of rotatable bonds is 7. The molecule has 6 nitrogen and oxygen atoms in total. The Kier molecular flexibility index (Phi) is 6.39. The van der Waals surface area contributed by atoms with Gasteiger partial charge >= 0.3 is 6.61 Å². The number of alkyl halides is 2. The number of para-hydroxylation sites is 1. The predicted molar refractivity (Wildman–Crippen MR) is 96.3 cm³/mol. The molecule has 1 aromatic rings. The Bertz CT molecular complexity index is 699. The van der Waals surface area contributed by atoms with Gasteiger partial charge in [-0.2, -0.15) is 8.78 Å². The molecule has 1 N–H and O–H groups in total. The number of hydrogen-bond acceptors (Lipinski definition) is 4. The fraction of sp³-hybridized carbons (Fsp3) is 0.474. The van der Waals surface area contributed by atoms with Crippen LogP contribution in [0.5, 0.6) is 5.75 Å². The van der Waals surface area contributed by atoms with Gasteiger partial charge in [-0.3, -0.25) is 14.5 Å². The lowest BCUT2D eigenvalue weighted by Crippen LogP contribution is -2.51. The number of nitrogens with zero attached hydrogens (tertiary/aromatic N) is 2. The molecule has 0 unspecified atom stereocenters. The van der Waals surface area contributed by atoms with Crippen LogP contribution in [0.25, 0.3) is 6.08 Å². The van der Waals surface area contributed by atoms with Crippen LogP contribution >= 0.6 is 0 Å². The number of amides is 2. The van der Waals surface area contributed by atoms with Crippen molar-refractivity contribution in [2.75, 3.05) is 32.7 Å². The van der Waals surface area contributed by atoms with Crippen LogP contribution in [-0.2, 0) is 9.59 Å². The number of ether oxygens (including phenoxy) is 1. The Morgan fingerprint density at radius 2 is 1.89 bits per heavy atom. The molecular weight excluding hydrogens is 356 g/mol. The summed E-state index contributed by atoms with van der Waals surface area (Å²) in [6.07, 6.45) is 4.97. The molecule has 1 aliphatic carbocycles. The van der Waals surface area contributed by atoms with Gasteiger partial charge in [-0.25, -0.2) is 0 Å². The highest BCUT2D eigenvalue weighted by Gasteiger charge is 2.25. The molecule has 3 rings (SSSR count). The summed E-state index contributed by atoms with van der Waals surface area (Å²) in [6.45, 7) is -0.261.